The standard InChI is InChI=1S/C14H14N4O2/c1-9-5-4-6-11(10(9)2)17-7-8-18-12(13(17)19)15-16(3)14(18)20/h4-8H,1-3H3. The van der Waals surface area contributed by atoms with Gasteiger partial charge in [0.25, 0.3) is 0 Å². The summed E-state index contributed by atoms with van der Waals surface area (Å²) in [6, 6.07) is 5.77. The van der Waals surface area contributed by atoms with Crippen LogP contribution in [0.25, 0.3) is 11.3 Å². The first-order chi connectivity index (χ1) is 9.50. The second-order valence-electron chi connectivity index (χ2n) is 4.79. The van der Waals surface area contributed by atoms with Crippen LogP contribution in [0.1, 0.15) is 11.1 Å². The lowest BCUT2D eigenvalue weighted by molar-refractivity contribution is 0.732. The fraction of sp³-hybridized carbons (Fsp3) is 0.214. The van der Waals surface area contributed by atoms with Crippen LogP contribution in [0.2, 0.25) is 0 Å². The zero-order chi connectivity index (χ0) is 14.4. The smallest absolute Gasteiger partial charge is 0.279 e. The number of nitrogens with zero attached hydrogens (tertiary/aromatic N) is 4. The predicted molar refractivity (Wildman–Crippen MR) is 75.5 cm³/mol. The maximum absolute atomic E-state index is 12.5. The summed E-state index contributed by atoms with van der Waals surface area (Å²) in [6.07, 6.45) is 3.16. The lowest BCUT2D eigenvalue weighted by Crippen LogP contribution is -2.23. The van der Waals surface area contributed by atoms with E-state index in [0.29, 0.717) is 0 Å². The van der Waals surface area contributed by atoms with Gasteiger partial charge in [-0.1, -0.05) is 12.1 Å². The molecule has 0 unspecified atom stereocenters. The van der Waals surface area contributed by atoms with Crippen LogP contribution in [0.15, 0.2) is 40.2 Å². The highest BCUT2D eigenvalue weighted by molar-refractivity contribution is 5.47. The van der Waals surface area contributed by atoms with Crippen LogP contribution in [-0.2, 0) is 7.05 Å². The van der Waals surface area contributed by atoms with Gasteiger partial charge in [0.1, 0.15) is 0 Å². The van der Waals surface area contributed by atoms with Crippen molar-refractivity contribution in [2.45, 2.75) is 13.8 Å². The SMILES string of the molecule is Cc1cccc(-n2ccn3c(=O)n(C)nc3c2=O)c1C. The molecule has 0 radical (unpaired) electrons. The average molecular weight is 270 g/mol. The molecule has 0 aliphatic rings. The third-order valence-electron chi connectivity index (χ3n) is 3.57. The number of rotatable bonds is 1. The monoisotopic (exact) mass is 270 g/mol. The summed E-state index contributed by atoms with van der Waals surface area (Å²) in [5.41, 5.74) is 2.42. The molecule has 0 N–H and O–H groups in total. The Labute approximate surface area is 114 Å². The largest absolute Gasteiger partial charge is 0.350 e. The van der Waals surface area contributed by atoms with E-state index >= 15 is 0 Å². The van der Waals surface area contributed by atoms with Crippen LogP contribution in [0.4, 0.5) is 0 Å². The summed E-state index contributed by atoms with van der Waals surface area (Å²) in [5.74, 6) is 0. The first kappa shape index (κ1) is 12.4. The van der Waals surface area contributed by atoms with Gasteiger partial charge in [-0.15, -0.1) is 5.10 Å². The molecule has 6 nitrogen and oxygen atoms in total. The molecule has 0 bridgehead atoms. The van der Waals surface area contributed by atoms with E-state index in [0.717, 1.165) is 21.5 Å². The zero-order valence-corrected chi connectivity index (χ0v) is 11.5. The normalized spacial score (nSPS) is 11.2. The van der Waals surface area contributed by atoms with Gasteiger partial charge in [0.05, 0.1) is 5.69 Å². The molecule has 2 heterocycles. The Morgan fingerprint density at radius 2 is 1.85 bits per heavy atom. The highest BCUT2D eigenvalue weighted by Crippen LogP contribution is 2.15. The van der Waals surface area contributed by atoms with Crippen molar-refractivity contribution in [3.63, 3.8) is 0 Å². The summed E-state index contributed by atoms with van der Waals surface area (Å²) in [4.78, 5) is 24.2. The quantitative estimate of drug-likeness (QED) is 0.657. The second kappa shape index (κ2) is 4.19. The van der Waals surface area contributed by atoms with Crippen molar-refractivity contribution in [3.8, 4) is 5.69 Å². The number of benzene rings is 1. The minimum Gasteiger partial charge on any atom is -0.279 e. The first-order valence-electron chi connectivity index (χ1n) is 6.24. The molecule has 1 aromatic carbocycles. The summed E-state index contributed by atoms with van der Waals surface area (Å²) >= 11 is 0. The Morgan fingerprint density at radius 1 is 1.10 bits per heavy atom. The van der Waals surface area contributed by atoms with Crippen molar-refractivity contribution in [3.05, 3.63) is 62.6 Å². The maximum atomic E-state index is 12.5. The summed E-state index contributed by atoms with van der Waals surface area (Å²) < 4.78 is 3.93. The molecule has 3 rings (SSSR count). The fourth-order valence-corrected chi connectivity index (χ4v) is 2.25. The van der Waals surface area contributed by atoms with E-state index in [9.17, 15) is 9.59 Å². The lowest BCUT2D eigenvalue weighted by atomic mass is 10.1. The molecule has 3 aromatic rings. The molecule has 0 fully saturated rings. The molecule has 0 saturated heterocycles. The molecule has 6 heteroatoms. The molecule has 0 aliphatic carbocycles. The highest BCUT2D eigenvalue weighted by atomic mass is 16.2. The second-order valence-corrected chi connectivity index (χ2v) is 4.79. The molecule has 20 heavy (non-hydrogen) atoms. The summed E-state index contributed by atoms with van der Waals surface area (Å²) in [6.45, 7) is 3.96. The third-order valence-corrected chi connectivity index (χ3v) is 3.57. The molecule has 102 valence electrons. The Hall–Kier alpha value is -2.63. The number of aryl methyl sites for hydroxylation is 2. The molecular weight excluding hydrogens is 256 g/mol. The number of hydrogen-bond donors (Lipinski definition) is 0. The van der Waals surface area contributed by atoms with Crippen molar-refractivity contribution < 1.29 is 0 Å². The van der Waals surface area contributed by atoms with E-state index in [4.69, 9.17) is 0 Å². The highest BCUT2D eigenvalue weighted by Gasteiger charge is 2.12. The van der Waals surface area contributed by atoms with Gasteiger partial charge in [0, 0.05) is 19.4 Å². The fourth-order valence-electron chi connectivity index (χ4n) is 2.25. The van der Waals surface area contributed by atoms with Crippen LogP contribution in [0.5, 0.6) is 0 Å². The molecule has 0 aliphatic heterocycles. The third kappa shape index (κ3) is 1.61. The van der Waals surface area contributed by atoms with Crippen LogP contribution in [0, 0.1) is 13.8 Å². The van der Waals surface area contributed by atoms with Gasteiger partial charge in [0.15, 0.2) is 0 Å². The van der Waals surface area contributed by atoms with Crippen LogP contribution in [0.3, 0.4) is 0 Å². The molecule has 0 saturated carbocycles. The van der Waals surface area contributed by atoms with Crippen molar-refractivity contribution >= 4 is 5.65 Å². The van der Waals surface area contributed by atoms with Crippen molar-refractivity contribution in [2.24, 2.45) is 7.05 Å². The molecule has 2 aromatic heterocycles. The van der Waals surface area contributed by atoms with E-state index in [2.05, 4.69) is 5.10 Å². The topological polar surface area (TPSA) is 61.3 Å². The summed E-state index contributed by atoms with van der Waals surface area (Å²) in [5, 5.41) is 3.98. The Balaban J connectivity index is 2.39. The van der Waals surface area contributed by atoms with Gasteiger partial charge in [-0.05, 0) is 31.0 Å². The van der Waals surface area contributed by atoms with Gasteiger partial charge in [-0.25, -0.2) is 13.9 Å². The predicted octanol–water partition coefficient (Wildman–Crippen LogP) is 0.801. The average Bonchev–Trinajstić information content (AvgIpc) is 2.71. The van der Waals surface area contributed by atoms with E-state index < -0.39 is 0 Å². The van der Waals surface area contributed by atoms with Crippen LogP contribution < -0.4 is 11.2 Å². The van der Waals surface area contributed by atoms with Gasteiger partial charge >= 0.3 is 11.2 Å². The maximum Gasteiger partial charge on any atom is 0.350 e. The van der Waals surface area contributed by atoms with Crippen LogP contribution >= 0.6 is 0 Å². The van der Waals surface area contributed by atoms with Gasteiger partial charge in [-0.3, -0.25) is 9.36 Å². The lowest BCUT2D eigenvalue weighted by Gasteiger charge is -2.10. The minimum absolute atomic E-state index is 0.126. The van der Waals surface area contributed by atoms with Crippen molar-refractivity contribution in [1.82, 2.24) is 18.7 Å². The van der Waals surface area contributed by atoms with Crippen molar-refractivity contribution in [1.29, 1.82) is 0 Å². The van der Waals surface area contributed by atoms with Gasteiger partial charge < -0.3 is 0 Å². The number of fused-ring (bicyclic) bond motifs is 1. The Kier molecular flexibility index (Phi) is 2.60. The molecular formula is C14H14N4O2. The van der Waals surface area contributed by atoms with E-state index in [1.54, 1.807) is 12.4 Å². The number of aromatic nitrogens is 4. The molecule has 0 spiro atoms. The first-order valence-corrected chi connectivity index (χ1v) is 6.24. The Bertz CT molecular complexity index is 930. The van der Waals surface area contributed by atoms with E-state index in [1.807, 2.05) is 32.0 Å². The van der Waals surface area contributed by atoms with E-state index in [-0.39, 0.29) is 16.9 Å². The Morgan fingerprint density at radius 3 is 2.60 bits per heavy atom. The summed E-state index contributed by atoms with van der Waals surface area (Å²) in [7, 11) is 1.52. The van der Waals surface area contributed by atoms with Crippen LogP contribution in [-0.4, -0.2) is 18.7 Å². The molecule has 0 amide bonds. The number of hydrogen-bond acceptors (Lipinski definition) is 3. The molecule has 0 atom stereocenters. The van der Waals surface area contributed by atoms with Gasteiger partial charge in [0.2, 0.25) is 5.65 Å². The zero-order valence-electron chi connectivity index (χ0n) is 11.5. The van der Waals surface area contributed by atoms with Crippen molar-refractivity contribution in [2.75, 3.05) is 0 Å². The van der Waals surface area contributed by atoms with Gasteiger partial charge in [-0.2, -0.15) is 0 Å². The minimum atomic E-state index is -0.329. The van der Waals surface area contributed by atoms with E-state index in [1.165, 1.54) is 16.0 Å².